The molecule has 3 aromatic rings. The number of sulfonamides is 1. The molecule has 0 aliphatic carbocycles. The van der Waals surface area contributed by atoms with Crippen LogP contribution in [0.4, 0.5) is 9.52 Å². The van der Waals surface area contributed by atoms with Crippen LogP contribution in [0.5, 0.6) is 0 Å². The van der Waals surface area contributed by atoms with Crippen LogP contribution in [0, 0.1) is 5.82 Å². The van der Waals surface area contributed by atoms with Crippen molar-refractivity contribution in [3.8, 4) is 0 Å². The predicted octanol–water partition coefficient (Wildman–Crippen LogP) is 3.74. The Labute approximate surface area is 181 Å². The summed E-state index contributed by atoms with van der Waals surface area (Å²) in [6.45, 7) is 1.08. The van der Waals surface area contributed by atoms with Gasteiger partial charge in [0.25, 0.3) is 0 Å². The number of thioether (sulfide) groups is 1. The number of aromatic nitrogens is 2. The number of nitrogens with zero attached hydrogens (tertiary/aromatic N) is 3. The number of rotatable bonds is 6. The molecule has 1 N–H and O–H groups in total. The molecule has 2 aromatic heterocycles. The van der Waals surface area contributed by atoms with Gasteiger partial charge >= 0.3 is 0 Å². The lowest BCUT2D eigenvalue weighted by atomic mass is 10.2. The Morgan fingerprint density at radius 1 is 1.20 bits per heavy atom. The number of fused-ring (bicyclic) bond motifs is 1. The molecule has 158 valence electrons. The van der Waals surface area contributed by atoms with Crippen LogP contribution in [0.25, 0.3) is 10.2 Å². The van der Waals surface area contributed by atoms with Gasteiger partial charge in [-0.2, -0.15) is 4.31 Å². The van der Waals surface area contributed by atoms with Crippen molar-refractivity contribution in [1.29, 1.82) is 0 Å². The number of hydrogen-bond donors (Lipinski definition) is 1. The minimum absolute atomic E-state index is 0.0928. The summed E-state index contributed by atoms with van der Waals surface area (Å²) in [6, 6.07) is 7.40. The van der Waals surface area contributed by atoms with Gasteiger partial charge < -0.3 is 5.32 Å². The fraction of sp³-hybridized carbons (Fsp3) is 0.316. The van der Waals surface area contributed by atoms with Gasteiger partial charge in [0, 0.05) is 19.3 Å². The van der Waals surface area contributed by atoms with Crippen molar-refractivity contribution < 1.29 is 17.6 Å². The number of benzene rings is 1. The Hall–Kier alpha value is -2.08. The molecule has 0 bridgehead atoms. The smallest absolute Gasteiger partial charge is 0.244 e. The number of amides is 1. The van der Waals surface area contributed by atoms with Gasteiger partial charge in [0.05, 0.1) is 21.0 Å². The number of carbonyl (C=O) groups excluding carboxylic acids is 1. The van der Waals surface area contributed by atoms with Crippen LogP contribution in [-0.4, -0.2) is 47.4 Å². The van der Waals surface area contributed by atoms with E-state index in [1.807, 2.05) is 0 Å². The molecular weight excluding hydrogens is 447 g/mol. The number of anilines is 1. The van der Waals surface area contributed by atoms with E-state index < -0.39 is 10.0 Å². The Bertz CT molecular complexity index is 1160. The van der Waals surface area contributed by atoms with E-state index in [0.717, 1.165) is 19.3 Å². The molecule has 1 aliphatic heterocycles. The van der Waals surface area contributed by atoms with E-state index >= 15 is 0 Å². The summed E-state index contributed by atoms with van der Waals surface area (Å²) in [6.07, 6.45) is 4.14. The molecule has 30 heavy (non-hydrogen) atoms. The summed E-state index contributed by atoms with van der Waals surface area (Å²) in [7, 11) is -3.52. The third-order valence-corrected chi connectivity index (χ3v) is 8.37. The standard InChI is InChI=1S/C19H19FN4O3S3/c20-13-4-6-15-16(10-13)29-19(22-15)23-17(25)12-28-18-7-5-14(11-21-18)30(26,27)24-8-2-1-3-9-24/h4-7,10-11H,1-3,8-9,12H2,(H,22,23,25). The van der Waals surface area contributed by atoms with Gasteiger partial charge in [-0.05, 0) is 43.2 Å². The summed E-state index contributed by atoms with van der Waals surface area (Å²) in [5.74, 6) is -0.530. The third-order valence-electron chi connectivity index (χ3n) is 4.61. The molecule has 1 aliphatic rings. The van der Waals surface area contributed by atoms with Gasteiger partial charge in [-0.1, -0.05) is 29.5 Å². The fourth-order valence-corrected chi connectivity index (χ4v) is 6.12. The van der Waals surface area contributed by atoms with Gasteiger partial charge in [0.2, 0.25) is 15.9 Å². The first-order valence-corrected chi connectivity index (χ1v) is 12.6. The van der Waals surface area contributed by atoms with Gasteiger partial charge in [-0.15, -0.1) is 0 Å². The van der Waals surface area contributed by atoms with Crippen molar-refractivity contribution in [2.75, 3.05) is 24.2 Å². The summed E-state index contributed by atoms with van der Waals surface area (Å²) < 4.78 is 40.7. The lowest BCUT2D eigenvalue weighted by Crippen LogP contribution is -2.35. The van der Waals surface area contributed by atoms with Crippen LogP contribution < -0.4 is 5.32 Å². The monoisotopic (exact) mass is 466 g/mol. The zero-order valence-corrected chi connectivity index (χ0v) is 18.3. The van der Waals surface area contributed by atoms with Crippen molar-refractivity contribution in [1.82, 2.24) is 14.3 Å². The highest BCUT2D eigenvalue weighted by molar-refractivity contribution is 7.99. The van der Waals surface area contributed by atoms with Gasteiger partial charge in [0.15, 0.2) is 5.13 Å². The molecule has 0 saturated carbocycles. The first kappa shape index (κ1) is 21.2. The lowest BCUT2D eigenvalue weighted by Gasteiger charge is -2.25. The topological polar surface area (TPSA) is 92.3 Å². The highest BCUT2D eigenvalue weighted by Crippen LogP contribution is 2.27. The number of pyridine rings is 1. The lowest BCUT2D eigenvalue weighted by molar-refractivity contribution is -0.113. The third kappa shape index (κ3) is 4.80. The number of carbonyl (C=O) groups is 1. The average Bonchev–Trinajstić information content (AvgIpc) is 3.14. The molecular formula is C19H19FN4O3S3. The van der Waals surface area contributed by atoms with E-state index in [9.17, 15) is 17.6 Å². The van der Waals surface area contributed by atoms with Crippen molar-refractivity contribution in [2.24, 2.45) is 0 Å². The van der Waals surface area contributed by atoms with Gasteiger partial charge in [0.1, 0.15) is 10.7 Å². The molecule has 3 heterocycles. The maximum atomic E-state index is 13.3. The number of halogens is 1. The van der Waals surface area contributed by atoms with Crippen LogP contribution >= 0.6 is 23.1 Å². The van der Waals surface area contributed by atoms with Crippen molar-refractivity contribution >= 4 is 54.4 Å². The Kier molecular flexibility index (Phi) is 6.32. The predicted molar refractivity (Wildman–Crippen MR) is 116 cm³/mol. The average molecular weight is 467 g/mol. The van der Waals surface area contributed by atoms with Crippen LogP contribution in [0.1, 0.15) is 19.3 Å². The molecule has 0 spiro atoms. The molecule has 1 aromatic carbocycles. The van der Waals surface area contributed by atoms with Crippen molar-refractivity contribution in [3.05, 3.63) is 42.3 Å². The Morgan fingerprint density at radius 2 is 2.00 bits per heavy atom. The Morgan fingerprint density at radius 3 is 2.73 bits per heavy atom. The Balaban J connectivity index is 1.34. The summed E-state index contributed by atoms with van der Waals surface area (Å²) >= 11 is 2.40. The van der Waals surface area contributed by atoms with E-state index in [-0.39, 0.29) is 22.4 Å². The van der Waals surface area contributed by atoms with E-state index in [0.29, 0.717) is 33.5 Å². The molecule has 1 amide bonds. The normalized spacial score (nSPS) is 15.4. The number of thiazole rings is 1. The number of nitrogens with one attached hydrogen (secondary N) is 1. The number of piperidine rings is 1. The van der Waals surface area contributed by atoms with E-state index in [1.54, 1.807) is 12.1 Å². The highest BCUT2D eigenvalue weighted by atomic mass is 32.2. The number of hydrogen-bond acceptors (Lipinski definition) is 7. The molecule has 0 unspecified atom stereocenters. The first-order chi connectivity index (χ1) is 14.4. The van der Waals surface area contributed by atoms with Crippen molar-refractivity contribution in [3.63, 3.8) is 0 Å². The van der Waals surface area contributed by atoms with E-state index in [4.69, 9.17) is 0 Å². The van der Waals surface area contributed by atoms with Crippen LogP contribution in [0.3, 0.4) is 0 Å². The highest BCUT2D eigenvalue weighted by Gasteiger charge is 2.26. The van der Waals surface area contributed by atoms with Crippen LogP contribution in [0.2, 0.25) is 0 Å². The summed E-state index contributed by atoms with van der Waals surface area (Å²) in [5.41, 5.74) is 0.622. The second-order valence-corrected chi connectivity index (χ2v) is 10.7. The molecule has 0 atom stereocenters. The largest absolute Gasteiger partial charge is 0.301 e. The minimum Gasteiger partial charge on any atom is -0.301 e. The molecule has 7 nitrogen and oxygen atoms in total. The zero-order chi connectivity index (χ0) is 21.1. The van der Waals surface area contributed by atoms with E-state index in [1.165, 1.54) is 51.8 Å². The maximum absolute atomic E-state index is 13.3. The molecule has 4 rings (SSSR count). The van der Waals surface area contributed by atoms with E-state index in [2.05, 4.69) is 15.3 Å². The first-order valence-electron chi connectivity index (χ1n) is 9.37. The minimum atomic E-state index is -3.52. The SMILES string of the molecule is O=C(CSc1ccc(S(=O)(=O)N2CCCCC2)cn1)Nc1nc2ccc(F)cc2s1. The second-order valence-electron chi connectivity index (χ2n) is 6.76. The summed E-state index contributed by atoms with van der Waals surface area (Å²) in [4.78, 5) is 20.8. The fourth-order valence-electron chi connectivity index (χ4n) is 3.11. The zero-order valence-electron chi connectivity index (χ0n) is 15.9. The van der Waals surface area contributed by atoms with Gasteiger partial charge in [-0.25, -0.2) is 22.8 Å². The second kappa shape index (κ2) is 8.96. The van der Waals surface area contributed by atoms with Crippen LogP contribution in [-0.2, 0) is 14.8 Å². The molecule has 0 radical (unpaired) electrons. The quantitative estimate of drug-likeness (QED) is 0.557. The molecule has 1 fully saturated rings. The molecule has 1 saturated heterocycles. The summed E-state index contributed by atoms with van der Waals surface area (Å²) in [5, 5.41) is 3.64. The molecule has 11 heteroatoms. The van der Waals surface area contributed by atoms with Gasteiger partial charge in [-0.3, -0.25) is 4.79 Å². The van der Waals surface area contributed by atoms with Crippen molar-refractivity contribution in [2.45, 2.75) is 29.2 Å². The maximum Gasteiger partial charge on any atom is 0.244 e. The van der Waals surface area contributed by atoms with Crippen LogP contribution in [0.15, 0.2) is 46.5 Å².